The van der Waals surface area contributed by atoms with Gasteiger partial charge in [-0.2, -0.15) is 0 Å². The van der Waals surface area contributed by atoms with Crippen molar-refractivity contribution in [3.05, 3.63) is 70.1 Å². The van der Waals surface area contributed by atoms with Gasteiger partial charge in [0.25, 0.3) is 11.1 Å². The Hall–Kier alpha value is -3.19. The molecule has 0 saturated carbocycles. The molecule has 1 heterocycles. The average Bonchev–Trinajstić information content (AvgIpc) is 2.95. The van der Waals surface area contributed by atoms with Crippen molar-refractivity contribution in [3.8, 4) is 5.75 Å². The van der Waals surface area contributed by atoms with Gasteiger partial charge >= 0.3 is 0 Å². The molecule has 1 fully saturated rings. The lowest BCUT2D eigenvalue weighted by atomic mass is 10.1. The molecule has 7 heteroatoms. The number of ketones is 2. The number of amides is 2. The van der Waals surface area contributed by atoms with E-state index in [9.17, 15) is 19.2 Å². The van der Waals surface area contributed by atoms with Crippen molar-refractivity contribution in [2.75, 3.05) is 13.2 Å². The van der Waals surface area contributed by atoms with Crippen LogP contribution in [0.25, 0.3) is 6.08 Å². The molecule has 0 aromatic heterocycles. The number of hydrogen-bond donors (Lipinski definition) is 0. The quantitative estimate of drug-likeness (QED) is 0.510. The molecule has 2 amide bonds. The first kappa shape index (κ1) is 20.5. The van der Waals surface area contributed by atoms with Crippen molar-refractivity contribution in [2.24, 2.45) is 0 Å². The van der Waals surface area contributed by atoms with Crippen molar-refractivity contribution >= 4 is 40.6 Å². The summed E-state index contributed by atoms with van der Waals surface area (Å²) in [5, 5.41) is -0.469. The van der Waals surface area contributed by atoms with Crippen LogP contribution in [0.4, 0.5) is 4.79 Å². The van der Waals surface area contributed by atoms with Crippen LogP contribution in [0.1, 0.15) is 28.4 Å². The highest BCUT2D eigenvalue weighted by Gasteiger charge is 2.36. The van der Waals surface area contributed by atoms with Gasteiger partial charge in [0, 0.05) is 5.56 Å². The summed E-state index contributed by atoms with van der Waals surface area (Å²) >= 11 is 0.805. The van der Waals surface area contributed by atoms with Crippen LogP contribution in [0.5, 0.6) is 5.75 Å². The molecule has 1 aliphatic heterocycles. The maximum Gasteiger partial charge on any atom is 0.293 e. The highest BCUT2D eigenvalue weighted by atomic mass is 32.2. The molecule has 0 N–H and O–H groups in total. The van der Waals surface area contributed by atoms with Gasteiger partial charge in [-0.3, -0.25) is 24.1 Å². The number of Topliss-reactive ketones (excluding diaryl/α,β-unsaturated/α-hetero) is 2. The van der Waals surface area contributed by atoms with Crippen molar-refractivity contribution in [1.82, 2.24) is 4.90 Å². The van der Waals surface area contributed by atoms with Crippen LogP contribution in [0.15, 0.2) is 53.4 Å². The van der Waals surface area contributed by atoms with E-state index in [4.69, 9.17) is 4.74 Å². The Morgan fingerprint density at radius 2 is 1.69 bits per heavy atom. The van der Waals surface area contributed by atoms with E-state index in [0.717, 1.165) is 22.2 Å². The molecule has 2 aromatic rings. The molecular formula is C22H19NO5S. The maximum atomic E-state index is 12.6. The molecule has 1 saturated heterocycles. The number of carbonyl (C=O) groups is 4. The van der Waals surface area contributed by atoms with E-state index < -0.39 is 11.1 Å². The Balaban J connectivity index is 1.68. The van der Waals surface area contributed by atoms with Gasteiger partial charge in [-0.05, 0) is 49.4 Å². The van der Waals surface area contributed by atoms with Crippen molar-refractivity contribution in [1.29, 1.82) is 0 Å². The molecule has 0 unspecified atom stereocenters. The largest absolute Gasteiger partial charge is 0.486 e. The number of rotatable bonds is 7. The van der Waals surface area contributed by atoms with Crippen LogP contribution in [-0.4, -0.2) is 40.8 Å². The topological polar surface area (TPSA) is 80.8 Å². The predicted molar refractivity (Wildman–Crippen MR) is 111 cm³/mol. The summed E-state index contributed by atoms with van der Waals surface area (Å²) in [6, 6.07) is 13.8. The third kappa shape index (κ3) is 5.20. The summed E-state index contributed by atoms with van der Waals surface area (Å²) in [5.74, 6) is -0.324. The minimum absolute atomic E-state index is 0.00670. The van der Waals surface area contributed by atoms with Crippen molar-refractivity contribution < 1.29 is 23.9 Å². The molecule has 29 heavy (non-hydrogen) atoms. The van der Waals surface area contributed by atoms with Crippen LogP contribution < -0.4 is 4.74 Å². The fourth-order valence-corrected chi connectivity index (χ4v) is 3.45. The standard InChI is InChI=1S/C22H19NO5S/c1-14-3-7-17(8-4-14)19(25)12-23-21(26)20(29-22(23)27)11-16-5-9-18(10-6-16)28-13-15(2)24/h3-11H,12-13H2,1-2H3/b20-11-. The average molecular weight is 409 g/mol. The number of hydrogen-bond acceptors (Lipinski definition) is 6. The van der Waals surface area contributed by atoms with Crippen molar-refractivity contribution in [3.63, 3.8) is 0 Å². The lowest BCUT2D eigenvalue weighted by Gasteiger charge is -2.11. The first-order valence-electron chi connectivity index (χ1n) is 8.91. The first-order chi connectivity index (χ1) is 13.8. The minimum atomic E-state index is -0.489. The van der Waals surface area contributed by atoms with E-state index in [1.165, 1.54) is 6.92 Å². The summed E-state index contributed by atoms with van der Waals surface area (Å²) in [6.45, 7) is 3.06. The maximum absolute atomic E-state index is 12.6. The van der Waals surface area contributed by atoms with Gasteiger partial charge < -0.3 is 4.74 Å². The number of carbonyl (C=O) groups excluding carboxylic acids is 4. The summed E-state index contributed by atoms with van der Waals surface area (Å²) in [5.41, 5.74) is 2.18. The lowest BCUT2D eigenvalue weighted by molar-refractivity contribution is -0.122. The molecule has 6 nitrogen and oxygen atoms in total. The number of ether oxygens (including phenoxy) is 1. The Labute approximate surface area is 172 Å². The number of thioether (sulfide) groups is 1. The van der Waals surface area contributed by atoms with E-state index in [1.54, 1.807) is 42.5 Å². The molecule has 2 aromatic carbocycles. The Bertz CT molecular complexity index is 993. The molecule has 0 atom stereocenters. The first-order valence-corrected chi connectivity index (χ1v) is 9.72. The highest BCUT2D eigenvalue weighted by molar-refractivity contribution is 8.18. The van der Waals surface area contributed by atoms with E-state index >= 15 is 0 Å². The molecular weight excluding hydrogens is 390 g/mol. The normalized spacial score (nSPS) is 15.1. The van der Waals surface area contributed by atoms with E-state index in [1.807, 2.05) is 19.1 Å². The summed E-state index contributed by atoms with van der Waals surface area (Å²) in [4.78, 5) is 49.4. The van der Waals surface area contributed by atoms with Gasteiger partial charge in [-0.1, -0.05) is 42.0 Å². The van der Waals surface area contributed by atoms with Gasteiger partial charge in [0.05, 0.1) is 11.4 Å². The van der Waals surface area contributed by atoms with Gasteiger partial charge in [0.15, 0.2) is 11.6 Å². The monoisotopic (exact) mass is 409 g/mol. The van der Waals surface area contributed by atoms with Crippen LogP contribution in [0, 0.1) is 6.92 Å². The molecule has 3 rings (SSSR count). The second kappa shape index (κ2) is 8.87. The highest BCUT2D eigenvalue weighted by Crippen LogP contribution is 2.32. The number of nitrogens with zero attached hydrogens (tertiary/aromatic N) is 1. The van der Waals surface area contributed by atoms with Gasteiger partial charge in [0.2, 0.25) is 0 Å². The molecule has 0 spiro atoms. The fourth-order valence-electron chi connectivity index (χ4n) is 2.61. The van der Waals surface area contributed by atoms with Gasteiger partial charge in [0.1, 0.15) is 12.4 Å². The van der Waals surface area contributed by atoms with Crippen LogP contribution >= 0.6 is 11.8 Å². The Morgan fingerprint density at radius 3 is 2.31 bits per heavy atom. The van der Waals surface area contributed by atoms with Crippen molar-refractivity contribution in [2.45, 2.75) is 13.8 Å². The smallest absolute Gasteiger partial charge is 0.293 e. The molecule has 0 bridgehead atoms. The zero-order valence-electron chi connectivity index (χ0n) is 16.0. The minimum Gasteiger partial charge on any atom is -0.486 e. The summed E-state index contributed by atoms with van der Waals surface area (Å²) in [7, 11) is 0. The number of benzene rings is 2. The van der Waals surface area contributed by atoms with Crippen LogP contribution in [0.2, 0.25) is 0 Å². The third-order valence-electron chi connectivity index (χ3n) is 4.17. The third-order valence-corrected chi connectivity index (χ3v) is 5.08. The summed E-state index contributed by atoms with van der Waals surface area (Å²) < 4.78 is 5.30. The van der Waals surface area contributed by atoms with Crippen LogP contribution in [0.3, 0.4) is 0 Å². The van der Waals surface area contributed by atoms with E-state index in [0.29, 0.717) is 16.9 Å². The summed E-state index contributed by atoms with van der Waals surface area (Å²) in [6.07, 6.45) is 1.59. The lowest BCUT2D eigenvalue weighted by Crippen LogP contribution is -2.33. The second-order valence-electron chi connectivity index (χ2n) is 6.62. The second-order valence-corrected chi connectivity index (χ2v) is 7.61. The molecule has 1 aliphatic rings. The zero-order valence-corrected chi connectivity index (χ0v) is 16.8. The fraction of sp³-hybridized carbons (Fsp3) is 0.182. The van der Waals surface area contributed by atoms with E-state index in [2.05, 4.69) is 0 Å². The van der Waals surface area contributed by atoms with Gasteiger partial charge in [-0.15, -0.1) is 0 Å². The van der Waals surface area contributed by atoms with Crippen LogP contribution in [-0.2, 0) is 9.59 Å². The molecule has 0 aliphatic carbocycles. The Morgan fingerprint density at radius 1 is 1.03 bits per heavy atom. The number of aryl methyl sites for hydroxylation is 1. The van der Waals surface area contributed by atoms with Gasteiger partial charge in [-0.25, -0.2) is 0 Å². The number of imide groups is 1. The molecule has 148 valence electrons. The van der Waals surface area contributed by atoms with E-state index in [-0.39, 0.29) is 29.6 Å². The SMILES string of the molecule is CC(=O)COc1ccc(/C=C2\SC(=O)N(CC(=O)c3ccc(C)cc3)C2=O)cc1. The Kier molecular flexibility index (Phi) is 6.29. The zero-order chi connectivity index (χ0) is 21.0. The predicted octanol–water partition coefficient (Wildman–Crippen LogP) is 3.88. The molecule has 0 radical (unpaired) electrons.